The molecule has 0 bridgehead atoms. The van der Waals surface area contributed by atoms with Crippen LogP contribution in [-0.4, -0.2) is 11.7 Å². The van der Waals surface area contributed by atoms with Gasteiger partial charge in [-0.15, -0.1) is 6.58 Å². The molecule has 1 saturated carbocycles. The lowest BCUT2D eigenvalue weighted by molar-refractivity contribution is 0.0221. The standard InChI is InChI=1S/C18H22F2O/c1-3-4-13-5-7-14(8-6-13)15-9-11-16(12-10-15)17(21)18(2,19)20/h3,9-14H,1,4-8H2,2H3/t13-,14-. The van der Waals surface area contributed by atoms with Gasteiger partial charge in [0, 0.05) is 12.5 Å². The number of hydrogen-bond acceptors (Lipinski definition) is 1. The van der Waals surface area contributed by atoms with E-state index in [1.54, 1.807) is 0 Å². The molecule has 0 heterocycles. The molecule has 1 aromatic carbocycles. The van der Waals surface area contributed by atoms with E-state index in [0.29, 0.717) is 12.8 Å². The second kappa shape index (κ2) is 6.50. The Bertz CT molecular complexity index is 491. The summed E-state index contributed by atoms with van der Waals surface area (Å²) in [5.74, 6) is -3.19. The van der Waals surface area contributed by atoms with Crippen LogP contribution in [0.25, 0.3) is 0 Å². The maximum absolute atomic E-state index is 13.0. The van der Waals surface area contributed by atoms with Crippen molar-refractivity contribution in [3.8, 4) is 0 Å². The smallest absolute Gasteiger partial charge is 0.287 e. The minimum atomic E-state index is -3.30. The van der Waals surface area contributed by atoms with E-state index >= 15 is 0 Å². The molecule has 2 rings (SSSR count). The van der Waals surface area contributed by atoms with E-state index in [4.69, 9.17) is 0 Å². The third kappa shape index (κ3) is 3.99. The first kappa shape index (κ1) is 15.9. The van der Waals surface area contributed by atoms with Crippen molar-refractivity contribution in [2.24, 2.45) is 5.92 Å². The van der Waals surface area contributed by atoms with Crippen LogP contribution >= 0.6 is 0 Å². The molecule has 0 atom stereocenters. The molecular formula is C18H22F2O. The van der Waals surface area contributed by atoms with E-state index in [1.807, 2.05) is 18.2 Å². The average molecular weight is 292 g/mol. The Morgan fingerprint density at radius 3 is 2.29 bits per heavy atom. The fourth-order valence-electron chi connectivity index (χ4n) is 3.13. The fourth-order valence-corrected chi connectivity index (χ4v) is 3.13. The molecule has 3 heteroatoms. The average Bonchev–Trinajstić information content (AvgIpc) is 2.47. The first-order valence-electron chi connectivity index (χ1n) is 7.55. The van der Waals surface area contributed by atoms with E-state index < -0.39 is 11.7 Å². The third-order valence-corrected chi connectivity index (χ3v) is 4.39. The van der Waals surface area contributed by atoms with Crippen molar-refractivity contribution in [2.75, 3.05) is 0 Å². The number of hydrogen-bond donors (Lipinski definition) is 0. The maximum Gasteiger partial charge on any atom is 0.307 e. The highest BCUT2D eigenvalue weighted by Gasteiger charge is 2.33. The van der Waals surface area contributed by atoms with Crippen LogP contribution in [0.15, 0.2) is 36.9 Å². The monoisotopic (exact) mass is 292 g/mol. The van der Waals surface area contributed by atoms with Gasteiger partial charge in [-0.05, 0) is 49.5 Å². The Labute approximate surface area is 125 Å². The van der Waals surface area contributed by atoms with Gasteiger partial charge >= 0.3 is 5.92 Å². The number of benzene rings is 1. The molecule has 1 aromatic rings. The zero-order chi connectivity index (χ0) is 15.5. The summed E-state index contributed by atoms with van der Waals surface area (Å²) in [6, 6.07) is 6.73. The number of carbonyl (C=O) groups excluding carboxylic acids is 1. The maximum atomic E-state index is 13.0. The summed E-state index contributed by atoms with van der Waals surface area (Å²) in [6.07, 6.45) is 7.67. The second-order valence-corrected chi connectivity index (χ2v) is 6.08. The van der Waals surface area contributed by atoms with Crippen molar-refractivity contribution < 1.29 is 13.6 Å². The van der Waals surface area contributed by atoms with Crippen molar-refractivity contribution in [2.45, 2.75) is 50.9 Å². The predicted molar refractivity (Wildman–Crippen MR) is 80.9 cm³/mol. The van der Waals surface area contributed by atoms with Gasteiger partial charge in [-0.2, -0.15) is 8.78 Å². The van der Waals surface area contributed by atoms with Gasteiger partial charge in [-0.3, -0.25) is 4.79 Å². The third-order valence-electron chi connectivity index (χ3n) is 4.39. The molecule has 0 saturated heterocycles. The van der Waals surface area contributed by atoms with Crippen molar-refractivity contribution in [3.63, 3.8) is 0 Å². The van der Waals surface area contributed by atoms with Crippen LogP contribution in [-0.2, 0) is 0 Å². The number of carbonyl (C=O) groups is 1. The Kier molecular flexibility index (Phi) is 4.92. The highest BCUT2D eigenvalue weighted by molar-refractivity contribution is 6.01. The van der Waals surface area contributed by atoms with Gasteiger partial charge in [0.1, 0.15) is 0 Å². The lowest BCUT2D eigenvalue weighted by atomic mass is 9.77. The first-order valence-corrected chi connectivity index (χ1v) is 7.55. The molecule has 0 N–H and O–H groups in total. The minimum Gasteiger partial charge on any atom is -0.287 e. The van der Waals surface area contributed by atoms with Gasteiger partial charge in [-0.1, -0.05) is 30.3 Å². The van der Waals surface area contributed by atoms with Crippen LogP contribution in [0.1, 0.15) is 60.9 Å². The lowest BCUT2D eigenvalue weighted by Crippen LogP contribution is -2.24. The van der Waals surface area contributed by atoms with E-state index in [-0.39, 0.29) is 5.56 Å². The second-order valence-electron chi connectivity index (χ2n) is 6.08. The molecule has 1 aliphatic rings. The van der Waals surface area contributed by atoms with Crippen LogP contribution in [0.4, 0.5) is 8.78 Å². The van der Waals surface area contributed by atoms with Crippen molar-refractivity contribution in [1.29, 1.82) is 0 Å². The summed E-state index contributed by atoms with van der Waals surface area (Å²) in [7, 11) is 0. The molecule has 114 valence electrons. The van der Waals surface area contributed by atoms with Crippen molar-refractivity contribution in [3.05, 3.63) is 48.0 Å². The number of ketones is 1. The number of allylic oxidation sites excluding steroid dienone is 1. The van der Waals surface area contributed by atoms with Crippen LogP contribution in [0, 0.1) is 5.92 Å². The van der Waals surface area contributed by atoms with Gasteiger partial charge in [0.25, 0.3) is 0 Å². The minimum absolute atomic E-state index is 0.0894. The molecule has 0 unspecified atom stereocenters. The van der Waals surface area contributed by atoms with Crippen molar-refractivity contribution >= 4 is 5.78 Å². The summed E-state index contributed by atoms with van der Waals surface area (Å²) in [5, 5.41) is 0. The Morgan fingerprint density at radius 2 is 1.81 bits per heavy atom. The zero-order valence-corrected chi connectivity index (χ0v) is 12.4. The molecule has 0 aromatic heterocycles. The first-order chi connectivity index (χ1) is 9.91. The highest BCUT2D eigenvalue weighted by atomic mass is 19.3. The Balaban J connectivity index is 2.00. The van der Waals surface area contributed by atoms with E-state index in [2.05, 4.69) is 6.58 Å². The highest BCUT2D eigenvalue weighted by Crippen LogP contribution is 2.37. The summed E-state index contributed by atoms with van der Waals surface area (Å²) in [6.45, 7) is 4.43. The number of rotatable bonds is 5. The molecule has 1 fully saturated rings. The summed E-state index contributed by atoms with van der Waals surface area (Å²) in [4.78, 5) is 11.5. The molecule has 21 heavy (non-hydrogen) atoms. The molecule has 0 spiro atoms. The van der Waals surface area contributed by atoms with Gasteiger partial charge in [0.05, 0.1) is 0 Å². The zero-order valence-electron chi connectivity index (χ0n) is 12.4. The van der Waals surface area contributed by atoms with E-state index in [0.717, 1.165) is 30.7 Å². The molecule has 0 radical (unpaired) electrons. The summed E-state index contributed by atoms with van der Waals surface area (Å²) >= 11 is 0. The Morgan fingerprint density at radius 1 is 1.24 bits per heavy atom. The van der Waals surface area contributed by atoms with Crippen LogP contribution in [0.5, 0.6) is 0 Å². The fraction of sp³-hybridized carbons (Fsp3) is 0.500. The predicted octanol–water partition coefficient (Wildman–Crippen LogP) is 5.37. The number of Topliss-reactive ketones (excluding diaryl/α,β-unsaturated/α-hetero) is 1. The number of halogens is 2. The van der Waals surface area contributed by atoms with Crippen molar-refractivity contribution in [1.82, 2.24) is 0 Å². The topological polar surface area (TPSA) is 17.1 Å². The van der Waals surface area contributed by atoms with Crippen LogP contribution in [0.3, 0.4) is 0 Å². The summed E-state index contributed by atoms with van der Waals surface area (Å²) in [5.41, 5.74) is 1.25. The van der Waals surface area contributed by atoms with E-state index in [9.17, 15) is 13.6 Å². The lowest BCUT2D eigenvalue weighted by Gasteiger charge is -2.28. The van der Waals surface area contributed by atoms with E-state index in [1.165, 1.54) is 25.0 Å². The Hall–Kier alpha value is -1.51. The SMILES string of the molecule is C=CC[C@H]1CC[C@H](c2ccc(C(=O)C(C)(F)F)cc2)CC1. The molecule has 0 aliphatic heterocycles. The van der Waals surface area contributed by atoms with Gasteiger partial charge in [0.15, 0.2) is 0 Å². The molecule has 1 aliphatic carbocycles. The molecule has 0 amide bonds. The molecular weight excluding hydrogens is 270 g/mol. The number of alkyl halides is 2. The van der Waals surface area contributed by atoms with Gasteiger partial charge in [0.2, 0.25) is 5.78 Å². The van der Waals surface area contributed by atoms with Crippen LogP contribution in [0.2, 0.25) is 0 Å². The molecule has 1 nitrogen and oxygen atoms in total. The normalized spacial score (nSPS) is 22.8. The summed E-state index contributed by atoms with van der Waals surface area (Å²) < 4.78 is 26.0. The van der Waals surface area contributed by atoms with Gasteiger partial charge in [-0.25, -0.2) is 0 Å². The largest absolute Gasteiger partial charge is 0.307 e. The quantitative estimate of drug-likeness (QED) is 0.526. The van der Waals surface area contributed by atoms with Gasteiger partial charge < -0.3 is 0 Å². The van der Waals surface area contributed by atoms with Crippen LogP contribution < -0.4 is 0 Å².